The summed E-state index contributed by atoms with van der Waals surface area (Å²) in [7, 11) is 0. The normalized spacial score (nSPS) is 17.0. The first kappa shape index (κ1) is 14.0. The molecule has 2 aromatic heterocycles. The van der Waals surface area contributed by atoms with Crippen molar-refractivity contribution in [2.75, 3.05) is 0 Å². The molecule has 1 N–H and O–H groups in total. The Hall–Kier alpha value is -1.00. The zero-order valence-electron chi connectivity index (χ0n) is 12.5. The van der Waals surface area contributed by atoms with E-state index < -0.39 is 0 Å². The number of pyridine rings is 1. The van der Waals surface area contributed by atoms with Gasteiger partial charge in [0.2, 0.25) is 0 Å². The van der Waals surface area contributed by atoms with Gasteiger partial charge in [0.05, 0.1) is 5.69 Å². The molecule has 0 saturated heterocycles. The molecule has 4 heteroatoms. The Morgan fingerprint density at radius 1 is 1.35 bits per heavy atom. The van der Waals surface area contributed by atoms with Crippen molar-refractivity contribution in [3.8, 4) is 0 Å². The van der Waals surface area contributed by atoms with Gasteiger partial charge < -0.3 is 9.72 Å². The van der Waals surface area contributed by atoms with Gasteiger partial charge in [0, 0.05) is 24.0 Å². The summed E-state index contributed by atoms with van der Waals surface area (Å²) in [5.41, 5.74) is 2.36. The van der Waals surface area contributed by atoms with Crippen molar-refractivity contribution in [1.82, 2.24) is 14.7 Å². The number of hydrogen-bond donors (Lipinski definition) is 1. The van der Waals surface area contributed by atoms with E-state index in [1.807, 2.05) is 11.8 Å². The van der Waals surface area contributed by atoms with E-state index in [0.717, 1.165) is 18.2 Å². The highest BCUT2D eigenvalue weighted by Crippen LogP contribution is 2.31. The van der Waals surface area contributed by atoms with Gasteiger partial charge in [0.15, 0.2) is 0 Å². The first-order valence-corrected chi connectivity index (χ1v) is 8.39. The lowest BCUT2D eigenvalue weighted by Gasteiger charge is -2.14. The zero-order chi connectivity index (χ0) is 14.1. The van der Waals surface area contributed by atoms with Gasteiger partial charge in [-0.25, -0.2) is 4.98 Å². The number of nitrogens with one attached hydrogen (secondary N) is 1. The Morgan fingerprint density at radius 3 is 2.85 bits per heavy atom. The maximum Gasteiger partial charge on any atom is 0.138 e. The Bertz CT molecular complexity index is 586. The molecule has 0 aliphatic heterocycles. The third-order valence-electron chi connectivity index (χ3n) is 3.96. The van der Waals surface area contributed by atoms with Gasteiger partial charge in [-0.05, 0) is 30.9 Å². The predicted octanol–water partition coefficient (Wildman–Crippen LogP) is 3.72. The minimum absolute atomic E-state index is 0.583. The zero-order valence-corrected chi connectivity index (χ0v) is 13.3. The Balaban J connectivity index is 1.89. The van der Waals surface area contributed by atoms with Crippen LogP contribution in [-0.4, -0.2) is 20.7 Å². The van der Waals surface area contributed by atoms with Crippen LogP contribution in [0.4, 0.5) is 0 Å². The van der Waals surface area contributed by atoms with Crippen LogP contribution in [-0.2, 0) is 6.54 Å². The number of nitrogens with zero attached hydrogens (tertiary/aromatic N) is 2. The van der Waals surface area contributed by atoms with Gasteiger partial charge in [-0.3, -0.25) is 0 Å². The maximum atomic E-state index is 4.82. The highest BCUT2D eigenvalue weighted by Gasteiger charge is 2.23. The van der Waals surface area contributed by atoms with E-state index in [0.29, 0.717) is 11.2 Å². The quantitative estimate of drug-likeness (QED) is 0.822. The number of imidazole rings is 1. The van der Waals surface area contributed by atoms with Crippen molar-refractivity contribution in [3.63, 3.8) is 0 Å². The van der Waals surface area contributed by atoms with Gasteiger partial charge in [-0.1, -0.05) is 26.8 Å². The Labute approximate surface area is 125 Å². The maximum absolute atomic E-state index is 4.82. The third-order valence-corrected chi connectivity index (χ3v) is 5.43. The summed E-state index contributed by atoms with van der Waals surface area (Å²) < 4.78 is 2.23. The van der Waals surface area contributed by atoms with Crippen LogP contribution < -0.4 is 5.32 Å². The summed E-state index contributed by atoms with van der Waals surface area (Å²) in [4.78, 5) is 4.82. The summed E-state index contributed by atoms with van der Waals surface area (Å²) in [6.45, 7) is 7.76. The average Bonchev–Trinajstić information content (AvgIpc) is 3.18. The fourth-order valence-corrected chi connectivity index (χ4v) is 3.20. The molecule has 3 nitrogen and oxygen atoms in total. The molecule has 20 heavy (non-hydrogen) atoms. The fraction of sp³-hybridized carbons (Fsp3) is 0.562. The highest BCUT2D eigenvalue weighted by atomic mass is 32.2. The topological polar surface area (TPSA) is 29.3 Å². The first-order valence-electron chi connectivity index (χ1n) is 7.51. The number of thioether (sulfide) groups is 1. The summed E-state index contributed by atoms with van der Waals surface area (Å²) in [6, 6.07) is 6.95. The summed E-state index contributed by atoms with van der Waals surface area (Å²) >= 11 is 1.90. The van der Waals surface area contributed by atoms with Crippen molar-refractivity contribution >= 4 is 17.4 Å². The molecule has 1 saturated carbocycles. The molecule has 0 bridgehead atoms. The first-order chi connectivity index (χ1) is 9.65. The minimum atomic E-state index is 0.583. The third kappa shape index (κ3) is 3.01. The van der Waals surface area contributed by atoms with Crippen molar-refractivity contribution in [1.29, 1.82) is 0 Å². The molecule has 1 aliphatic rings. The van der Waals surface area contributed by atoms with Gasteiger partial charge in [-0.15, -0.1) is 11.8 Å². The van der Waals surface area contributed by atoms with E-state index in [-0.39, 0.29) is 0 Å². The standard InChI is InChI=1S/C16H23N3S/c1-11(2)12(3)20-16-14(10-17-13-7-8-13)19-9-5-4-6-15(19)18-16/h4-6,9,11-13,17H,7-8,10H2,1-3H3. The molecular formula is C16H23N3S. The molecule has 3 rings (SSSR count). The van der Waals surface area contributed by atoms with E-state index in [2.05, 4.69) is 54.9 Å². The monoisotopic (exact) mass is 289 g/mol. The van der Waals surface area contributed by atoms with Crippen LogP contribution in [0.25, 0.3) is 5.65 Å². The van der Waals surface area contributed by atoms with Crippen LogP contribution in [0.1, 0.15) is 39.3 Å². The van der Waals surface area contributed by atoms with E-state index in [1.165, 1.54) is 23.6 Å². The summed E-state index contributed by atoms with van der Waals surface area (Å²) in [6.07, 6.45) is 4.76. The molecule has 0 amide bonds. The molecule has 1 atom stereocenters. The lowest BCUT2D eigenvalue weighted by atomic mass is 10.2. The molecular weight excluding hydrogens is 266 g/mol. The van der Waals surface area contributed by atoms with Gasteiger partial charge in [0.25, 0.3) is 0 Å². The second-order valence-corrected chi connectivity index (χ2v) is 7.38. The average molecular weight is 289 g/mol. The molecule has 108 valence electrons. The van der Waals surface area contributed by atoms with Gasteiger partial charge in [-0.2, -0.15) is 0 Å². The lowest BCUT2D eigenvalue weighted by Crippen LogP contribution is -2.17. The molecule has 1 aliphatic carbocycles. The van der Waals surface area contributed by atoms with Crippen molar-refractivity contribution in [2.24, 2.45) is 5.92 Å². The van der Waals surface area contributed by atoms with Crippen molar-refractivity contribution in [2.45, 2.75) is 56.5 Å². The lowest BCUT2D eigenvalue weighted by molar-refractivity contribution is 0.638. The molecule has 2 heterocycles. The van der Waals surface area contributed by atoms with Gasteiger partial charge >= 0.3 is 0 Å². The van der Waals surface area contributed by atoms with Crippen LogP contribution >= 0.6 is 11.8 Å². The smallest absolute Gasteiger partial charge is 0.138 e. The van der Waals surface area contributed by atoms with E-state index in [4.69, 9.17) is 4.98 Å². The summed E-state index contributed by atoms with van der Waals surface area (Å²) in [5.74, 6) is 0.661. The SMILES string of the molecule is CC(C)C(C)Sc1nc2ccccn2c1CNC1CC1. The van der Waals surface area contributed by atoms with Crippen LogP contribution in [0.3, 0.4) is 0 Å². The predicted molar refractivity (Wildman–Crippen MR) is 85.2 cm³/mol. The van der Waals surface area contributed by atoms with Crippen LogP contribution in [0.2, 0.25) is 0 Å². The highest BCUT2D eigenvalue weighted by molar-refractivity contribution is 7.99. The minimum Gasteiger partial charge on any atom is -0.308 e. The molecule has 2 aromatic rings. The van der Waals surface area contributed by atoms with E-state index in [1.54, 1.807) is 0 Å². The largest absolute Gasteiger partial charge is 0.308 e. The molecule has 1 unspecified atom stereocenters. The van der Waals surface area contributed by atoms with E-state index >= 15 is 0 Å². The number of hydrogen-bond acceptors (Lipinski definition) is 3. The Kier molecular flexibility index (Phi) is 4.03. The van der Waals surface area contributed by atoms with Crippen LogP contribution in [0.5, 0.6) is 0 Å². The molecule has 0 spiro atoms. The number of aromatic nitrogens is 2. The second kappa shape index (κ2) is 5.78. The second-order valence-electron chi connectivity index (χ2n) is 6.01. The van der Waals surface area contributed by atoms with Crippen molar-refractivity contribution < 1.29 is 0 Å². The van der Waals surface area contributed by atoms with Gasteiger partial charge in [0.1, 0.15) is 10.7 Å². The molecule has 0 radical (unpaired) electrons. The summed E-state index contributed by atoms with van der Waals surface area (Å²) in [5, 5.41) is 5.39. The molecule has 0 aromatic carbocycles. The number of rotatable bonds is 6. The van der Waals surface area contributed by atoms with Crippen molar-refractivity contribution in [3.05, 3.63) is 30.1 Å². The number of fused-ring (bicyclic) bond motifs is 1. The van der Waals surface area contributed by atoms with Crippen LogP contribution in [0.15, 0.2) is 29.4 Å². The fourth-order valence-electron chi connectivity index (χ4n) is 2.12. The van der Waals surface area contributed by atoms with E-state index in [9.17, 15) is 0 Å². The molecule has 1 fully saturated rings. The van der Waals surface area contributed by atoms with Crippen LogP contribution in [0, 0.1) is 5.92 Å². The Morgan fingerprint density at radius 2 is 2.15 bits per heavy atom.